The predicted molar refractivity (Wildman–Crippen MR) is 123 cm³/mol. The Balaban J connectivity index is 1.62. The highest BCUT2D eigenvalue weighted by atomic mass is 16.5. The maximum Gasteiger partial charge on any atom is 0.252 e. The summed E-state index contributed by atoms with van der Waals surface area (Å²) in [6.45, 7) is 1.27. The van der Waals surface area contributed by atoms with Gasteiger partial charge in [0.05, 0.1) is 14.2 Å². The average molecular weight is 449 g/mol. The number of nitrogens with one attached hydrogen (secondary N) is 1. The topological polar surface area (TPSA) is 85.7 Å². The van der Waals surface area contributed by atoms with E-state index in [2.05, 4.69) is 10.3 Å². The highest BCUT2D eigenvalue weighted by Gasteiger charge is 2.24. The van der Waals surface area contributed by atoms with Crippen molar-refractivity contribution in [2.24, 2.45) is 7.05 Å². The second-order valence-electron chi connectivity index (χ2n) is 8.07. The van der Waals surface area contributed by atoms with Gasteiger partial charge in [-0.3, -0.25) is 9.59 Å². The predicted octanol–water partition coefficient (Wildman–Crippen LogP) is 3.08. The summed E-state index contributed by atoms with van der Waals surface area (Å²) >= 11 is 0. The molecule has 0 spiro atoms. The van der Waals surface area contributed by atoms with E-state index in [9.17, 15) is 9.59 Å². The molecule has 2 amide bonds. The molecule has 1 aliphatic heterocycles. The fourth-order valence-electron chi connectivity index (χ4n) is 4.07. The first kappa shape index (κ1) is 22.4. The van der Waals surface area contributed by atoms with Crippen molar-refractivity contribution in [1.82, 2.24) is 19.8 Å². The summed E-state index contributed by atoms with van der Waals surface area (Å²) in [5, 5.41) is 3.11. The van der Waals surface area contributed by atoms with Crippen LogP contribution in [0.25, 0.3) is 0 Å². The van der Waals surface area contributed by atoms with Crippen LogP contribution in [0.1, 0.15) is 46.2 Å². The van der Waals surface area contributed by atoms with Gasteiger partial charge in [0, 0.05) is 50.6 Å². The number of ether oxygens (including phenoxy) is 2. The van der Waals surface area contributed by atoms with Crippen molar-refractivity contribution in [3.05, 3.63) is 77.4 Å². The number of aryl methyl sites for hydroxylation is 1. The minimum atomic E-state index is -0.523. The Morgan fingerprint density at radius 2 is 1.91 bits per heavy atom. The minimum Gasteiger partial charge on any atom is -0.497 e. The number of likely N-dealkylation sites (tertiary alicyclic amines) is 1. The van der Waals surface area contributed by atoms with Crippen LogP contribution in [0.2, 0.25) is 0 Å². The molecule has 0 bridgehead atoms. The second-order valence-corrected chi connectivity index (χ2v) is 8.07. The number of aromatic nitrogens is 2. The van der Waals surface area contributed by atoms with Crippen molar-refractivity contribution in [2.45, 2.75) is 25.4 Å². The summed E-state index contributed by atoms with van der Waals surface area (Å²) in [6.07, 6.45) is 5.00. The largest absolute Gasteiger partial charge is 0.497 e. The Morgan fingerprint density at radius 1 is 1.15 bits per heavy atom. The minimum absolute atomic E-state index is 0.159. The molecule has 1 aliphatic rings. The van der Waals surface area contributed by atoms with Gasteiger partial charge in [0.25, 0.3) is 5.91 Å². The van der Waals surface area contributed by atoms with E-state index in [1.54, 1.807) is 32.5 Å². The van der Waals surface area contributed by atoms with Crippen molar-refractivity contribution in [1.29, 1.82) is 0 Å². The lowest BCUT2D eigenvalue weighted by atomic mass is 10.0. The van der Waals surface area contributed by atoms with E-state index in [4.69, 9.17) is 9.47 Å². The number of hydrogen-bond donors (Lipinski definition) is 1. The molecule has 4 rings (SSSR count). The SMILES string of the molecule is COc1cc(OC)cc(C(NC(=O)c2cccc(CN3CCCC3=O)c2)c2nccn2C)c1. The number of amides is 2. The fraction of sp³-hybridized carbons (Fsp3) is 0.320. The number of nitrogens with zero attached hydrogens (tertiary/aromatic N) is 3. The molecule has 0 saturated carbocycles. The Bertz CT molecular complexity index is 1130. The van der Waals surface area contributed by atoms with Crippen LogP contribution in [0, 0.1) is 0 Å². The van der Waals surface area contributed by atoms with Crippen molar-refractivity contribution >= 4 is 11.8 Å². The number of carbonyl (C=O) groups excluding carboxylic acids is 2. The zero-order valence-electron chi connectivity index (χ0n) is 19.1. The van der Waals surface area contributed by atoms with Crippen molar-refractivity contribution in [3.63, 3.8) is 0 Å². The van der Waals surface area contributed by atoms with Crippen LogP contribution < -0.4 is 14.8 Å². The summed E-state index contributed by atoms with van der Waals surface area (Å²) in [5.41, 5.74) is 2.23. The number of methoxy groups -OCH3 is 2. The van der Waals surface area contributed by atoms with E-state index in [1.807, 2.05) is 53.0 Å². The van der Waals surface area contributed by atoms with Gasteiger partial charge in [0.1, 0.15) is 23.4 Å². The standard InChI is InChI=1S/C25H28N4O4/c1-28-11-9-26-24(28)23(19-13-20(32-2)15-21(14-19)33-3)27-25(31)18-7-4-6-17(12-18)16-29-10-5-8-22(29)30/h4,6-7,9,11-15,23H,5,8,10,16H2,1-3H3,(H,27,31). The van der Waals surface area contributed by atoms with Crippen molar-refractivity contribution in [3.8, 4) is 11.5 Å². The van der Waals surface area contributed by atoms with Gasteiger partial charge in [0.15, 0.2) is 0 Å². The van der Waals surface area contributed by atoms with Crippen LogP contribution in [-0.2, 0) is 18.4 Å². The second kappa shape index (κ2) is 9.77. The number of rotatable bonds is 8. The molecular formula is C25H28N4O4. The molecule has 1 N–H and O–H groups in total. The van der Waals surface area contributed by atoms with E-state index in [0.29, 0.717) is 35.9 Å². The average Bonchev–Trinajstić information content (AvgIpc) is 3.44. The Labute approximate surface area is 193 Å². The first-order valence-corrected chi connectivity index (χ1v) is 10.9. The van der Waals surface area contributed by atoms with E-state index in [-0.39, 0.29) is 11.8 Å². The molecule has 2 heterocycles. The lowest BCUT2D eigenvalue weighted by molar-refractivity contribution is -0.128. The molecule has 1 aromatic heterocycles. The fourth-order valence-corrected chi connectivity index (χ4v) is 4.07. The lowest BCUT2D eigenvalue weighted by Crippen LogP contribution is -2.31. The molecule has 3 aromatic rings. The van der Waals surface area contributed by atoms with E-state index in [0.717, 1.165) is 24.1 Å². The molecule has 0 radical (unpaired) electrons. The third kappa shape index (κ3) is 5.00. The van der Waals surface area contributed by atoms with Gasteiger partial charge in [-0.25, -0.2) is 4.98 Å². The van der Waals surface area contributed by atoms with Gasteiger partial charge >= 0.3 is 0 Å². The van der Waals surface area contributed by atoms with Gasteiger partial charge in [-0.2, -0.15) is 0 Å². The molecule has 8 nitrogen and oxygen atoms in total. The summed E-state index contributed by atoms with van der Waals surface area (Å²) in [5.74, 6) is 1.84. The summed E-state index contributed by atoms with van der Waals surface area (Å²) in [6, 6.07) is 12.4. The van der Waals surface area contributed by atoms with Gasteiger partial charge in [0.2, 0.25) is 5.91 Å². The molecule has 1 saturated heterocycles. The zero-order valence-corrected chi connectivity index (χ0v) is 19.1. The zero-order chi connectivity index (χ0) is 23.4. The number of benzene rings is 2. The normalized spacial score (nSPS) is 14.3. The Hall–Kier alpha value is -3.81. The third-order valence-corrected chi connectivity index (χ3v) is 5.83. The first-order valence-electron chi connectivity index (χ1n) is 10.9. The molecular weight excluding hydrogens is 420 g/mol. The lowest BCUT2D eigenvalue weighted by Gasteiger charge is -2.21. The molecule has 2 aromatic carbocycles. The summed E-state index contributed by atoms with van der Waals surface area (Å²) in [7, 11) is 5.06. The third-order valence-electron chi connectivity index (χ3n) is 5.83. The quantitative estimate of drug-likeness (QED) is 0.572. The van der Waals surface area contributed by atoms with Crippen molar-refractivity contribution in [2.75, 3.05) is 20.8 Å². The summed E-state index contributed by atoms with van der Waals surface area (Å²) < 4.78 is 12.7. The maximum absolute atomic E-state index is 13.3. The van der Waals surface area contributed by atoms with E-state index in [1.165, 1.54) is 0 Å². The van der Waals surface area contributed by atoms with Crippen LogP contribution in [0.15, 0.2) is 54.9 Å². The number of carbonyl (C=O) groups is 2. The van der Waals surface area contributed by atoms with E-state index >= 15 is 0 Å². The number of hydrogen-bond acceptors (Lipinski definition) is 5. The van der Waals surface area contributed by atoms with Crippen LogP contribution in [0.3, 0.4) is 0 Å². The van der Waals surface area contributed by atoms with Crippen LogP contribution in [-0.4, -0.2) is 47.0 Å². The molecule has 1 unspecified atom stereocenters. The maximum atomic E-state index is 13.3. The molecule has 1 fully saturated rings. The van der Waals surface area contributed by atoms with Gasteiger partial charge in [-0.15, -0.1) is 0 Å². The molecule has 1 atom stereocenters. The van der Waals surface area contributed by atoms with Crippen LogP contribution in [0.4, 0.5) is 0 Å². The Morgan fingerprint density at radius 3 is 2.52 bits per heavy atom. The van der Waals surface area contributed by atoms with Crippen LogP contribution in [0.5, 0.6) is 11.5 Å². The summed E-state index contributed by atoms with van der Waals surface area (Å²) in [4.78, 5) is 31.6. The Kier molecular flexibility index (Phi) is 6.63. The van der Waals surface area contributed by atoms with Gasteiger partial charge in [-0.1, -0.05) is 12.1 Å². The number of imidazole rings is 1. The van der Waals surface area contributed by atoms with Crippen molar-refractivity contribution < 1.29 is 19.1 Å². The molecule has 0 aliphatic carbocycles. The monoisotopic (exact) mass is 448 g/mol. The molecule has 172 valence electrons. The van der Waals surface area contributed by atoms with E-state index < -0.39 is 6.04 Å². The first-order chi connectivity index (χ1) is 16.0. The van der Waals surface area contributed by atoms with Crippen LogP contribution >= 0.6 is 0 Å². The highest BCUT2D eigenvalue weighted by molar-refractivity contribution is 5.94. The van der Waals surface area contributed by atoms with Gasteiger partial charge in [-0.05, 0) is 41.8 Å². The highest BCUT2D eigenvalue weighted by Crippen LogP contribution is 2.29. The molecule has 33 heavy (non-hydrogen) atoms. The van der Waals surface area contributed by atoms with Gasteiger partial charge < -0.3 is 24.3 Å². The smallest absolute Gasteiger partial charge is 0.252 e. The molecule has 8 heteroatoms.